The Morgan fingerprint density at radius 1 is 1.47 bits per heavy atom. The molecule has 6 nitrogen and oxygen atoms in total. The number of aromatic nitrogens is 2. The predicted molar refractivity (Wildman–Crippen MR) is 74.9 cm³/mol. The molecule has 0 atom stereocenters. The molecule has 7 heteroatoms. The number of halogens is 1. The Morgan fingerprint density at radius 3 is 2.95 bits per heavy atom. The summed E-state index contributed by atoms with van der Waals surface area (Å²) in [5.74, 6) is 0.876. The average molecular weight is 325 g/mol. The van der Waals surface area contributed by atoms with E-state index in [1.807, 2.05) is 16.8 Å². The van der Waals surface area contributed by atoms with Crippen LogP contribution < -0.4 is 5.73 Å². The van der Waals surface area contributed by atoms with E-state index in [-0.39, 0.29) is 5.69 Å². The topological polar surface area (TPSA) is 87.0 Å². The quantitative estimate of drug-likeness (QED) is 0.674. The molecule has 2 rings (SSSR count). The zero-order valence-corrected chi connectivity index (χ0v) is 11.7. The van der Waals surface area contributed by atoms with Crippen molar-refractivity contribution in [1.29, 1.82) is 0 Å². The first-order valence-corrected chi connectivity index (χ1v) is 6.54. The third kappa shape index (κ3) is 2.99. The van der Waals surface area contributed by atoms with E-state index in [9.17, 15) is 10.1 Å². The van der Waals surface area contributed by atoms with E-state index in [4.69, 9.17) is 5.73 Å². The second-order valence-corrected chi connectivity index (χ2v) is 4.81. The molecule has 0 saturated heterocycles. The largest absolute Gasteiger partial charge is 0.330 e. The minimum absolute atomic E-state index is 0.0676. The Kier molecular flexibility index (Phi) is 4.28. The van der Waals surface area contributed by atoms with Gasteiger partial charge in [0.25, 0.3) is 5.69 Å². The maximum Gasteiger partial charge on any atom is 0.283 e. The number of hydrogen-bond donors (Lipinski definition) is 1. The number of nitro groups is 1. The van der Waals surface area contributed by atoms with E-state index < -0.39 is 4.92 Å². The monoisotopic (exact) mass is 324 g/mol. The maximum absolute atomic E-state index is 10.9. The molecule has 0 aliphatic carbocycles. The molecule has 19 heavy (non-hydrogen) atoms. The fourth-order valence-corrected chi connectivity index (χ4v) is 2.39. The molecule has 0 spiro atoms. The molecule has 0 amide bonds. The van der Waals surface area contributed by atoms with Crippen molar-refractivity contribution in [3.8, 4) is 0 Å². The molecule has 0 aliphatic rings. The van der Waals surface area contributed by atoms with Gasteiger partial charge in [-0.1, -0.05) is 12.1 Å². The van der Waals surface area contributed by atoms with Gasteiger partial charge in [-0.05, 0) is 28.0 Å². The summed E-state index contributed by atoms with van der Waals surface area (Å²) in [5.41, 5.74) is 6.43. The maximum atomic E-state index is 10.9. The van der Waals surface area contributed by atoms with Crippen LogP contribution in [0.1, 0.15) is 11.4 Å². The Hall–Kier alpha value is -1.73. The first kappa shape index (κ1) is 13.7. The Labute approximate surface area is 118 Å². The molecule has 0 radical (unpaired) electrons. The number of nitrogens with two attached hydrogens (primary N) is 1. The highest BCUT2D eigenvalue weighted by Crippen LogP contribution is 2.28. The Bertz CT molecular complexity index is 597. The van der Waals surface area contributed by atoms with Crippen molar-refractivity contribution in [2.75, 3.05) is 6.54 Å². The zero-order chi connectivity index (χ0) is 13.8. The SMILES string of the molecule is NCCc1nccn1Cc1cccc([N+](=O)[O-])c1Br. The van der Waals surface area contributed by atoms with Gasteiger partial charge in [0.15, 0.2) is 0 Å². The first-order valence-electron chi connectivity index (χ1n) is 5.75. The lowest BCUT2D eigenvalue weighted by Gasteiger charge is -2.09. The van der Waals surface area contributed by atoms with Crippen molar-refractivity contribution >= 4 is 21.6 Å². The summed E-state index contributed by atoms with van der Waals surface area (Å²) in [5, 5.41) is 10.9. The smallest absolute Gasteiger partial charge is 0.283 e. The summed E-state index contributed by atoms with van der Waals surface area (Å²) in [6.45, 7) is 1.05. The molecule has 1 aromatic carbocycles. The van der Waals surface area contributed by atoms with Gasteiger partial charge in [-0.25, -0.2) is 4.98 Å². The molecule has 1 aromatic heterocycles. The van der Waals surface area contributed by atoms with Crippen LogP contribution in [0.4, 0.5) is 5.69 Å². The minimum atomic E-state index is -0.401. The van der Waals surface area contributed by atoms with Crippen LogP contribution in [0.25, 0.3) is 0 Å². The van der Waals surface area contributed by atoms with Gasteiger partial charge >= 0.3 is 0 Å². The van der Waals surface area contributed by atoms with Gasteiger partial charge in [0.05, 0.1) is 11.5 Å². The van der Waals surface area contributed by atoms with E-state index in [2.05, 4.69) is 20.9 Å². The molecule has 2 N–H and O–H groups in total. The van der Waals surface area contributed by atoms with Crippen LogP contribution in [-0.2, 0) is 13.0 Å². The molecule has 2 aromatic rings. The second-order valence-electron chi connectivity index (χ2n) is 4.02. The van der Waals surface area contributed by atoms with E-state index in [1.54, 1.807) is 12.3 Å². The third-order valence-electron chi connectivity index (χ3n) is 2.77. The van der Waals surface area contributed by atoms with E-state index in [1.165, 1.54) is 6.07 Å². The third-order valence-corrected chi connectivity index (χ3v) is 3.68. The highest BCUT2D eigenvalue weighted by atomic mass is 79.9. The first-order chi connectivity index (χ1) is 9.13. The number of nitro benzene ring substituents is 1. The van der Waals surface area contributed by atoms with Crippen LogP contribution in [0.15, 0.2) is 35.1 Å². The Balaban J connectivity index is 2.31. The molecule has 0 unspecified atom stereocenters. The van der Waals surface area contributed by atoms with Gasteiger partial charge in [0, 0.05) is 24.9 Å². The van der Waals surface area contributed by atoms with Crippen LogP contribution >= 0.6 is 15.9 Å². The lowest BCUT2D eigenvalue weighted by atomic mass is 10.2. The highest BCUT2D eigenvalue weighted by Gasteiger charge is 2.15. The molecule has 0 aliphatic heterocycles. The van der Waals surface area contributed by atoms with Crippen molar-refractivity contribution in [1.82, 2.24) is 9.55 Å². The summed E-state index contributed by atoms with van der Waals surface area (Å²) in [4.78, 5) is 14.7. The van der Waals surface area contributed by atoms with Gasteiger partial charge in [0.2, 0.25) is 0 Å². The van der Waals surface area contributed by atoms with Crippen LogP contribution in [0, 0.1) is 10.1 Å². The molecule has 100 valence electrons. The highest BCUT2D eigenvalue weighted by molar-refractivity contribution is 9.10. The van der Waals surface area contributed by atoms with Crippen LogP contribution in [0.3, 0.4) is 0 Å². The van der Waals surface area contributed by atoms with Crippen molar-refractivity contribution in [3.05, 3.63) is 56.6 Å². The second kappa shape index (κ2) is 5.94. The Morgan fingerprint density at radius 2 is 2.26 bits per heavy atom. The van der Waals surface area contributed by atoms with Crippen LogP contribution in [0.5, 0.6) is 0 Å². The van der Waals surface area contributed by atoms with Gasteiger partial charge in [-0.2, -0.15) is 0 Å². The molecule has 0 bridgehead atoms. The van der Waals surface area contributed by atoms with Crippen molar-refractivity contribution in [2.45, 2.75) is 13.0 Å². The molecular formula is C12H13BrN4O2. The van der Waals surface area contributed by atoms with Crippen molar-refractivity contribution < 1.29 is 4.92 Å². The number of hydrogen-bond acceptors (Lipinski definition) is 4. The van der Waals surface area contributed by atoms with Crippen molar-refractivity contribution in [2.24, 2.45) is 5.73 Å². The average Bonchev–Trinajstić information content (AvgIpc) is 2.79. The summed E-state index contributed by atoms with van der Waals surface area (Å²) < 4.78 is 2.45. The lowest BCUT2D eigenvalue weighted by Crippen LogP contribution is -2.10. The normalized spacial score (nSPS) is 10.6. The van der Waals surface area contributed by atoms with E-state index >= 15 is 0 Å². The molecular weight excluding hydrogens is 312 g/mol. The molecule has 0 fully saturated rings. The minimum Gasteiger partial charge on any atom is -0.330 e. The fourth-order valence-electron chi connectivity index (χ4n) is 1.85. The zero-order valence-electron chi connectivity index (χ0n) is 10.1. The van der Waals surface area contributed by atoms with Crippen LogP contribution in [0.2, 0.25) is 0 Å². The summed E-state index contributed by atoms with van der Waals surface area (Å²) in [7, 11) is 0. The number of rotatable bonds is 5. The number of benzene rings is 1. The van der Waals surface area contributed by atoms with Gasteiger partial charge in [0.1, 0.15) is 10.3 Å². The van der Waals surface area contributed by atoms with E-state index in [0.29, 0.717) is 24.0 Å². The summed E-state index contributed by atoms with van der Waals surface area (Å²) in [6, 6.07) is 5.00. The van der Waals surface area contributed by atoms with Gasteiger partial charge in [-0.3, -0.25) is 10.1 Å². The number of imidazole rings is 1. The van der Waals surface area contributed by atoms with E-state index in [0.717, 1.165) is 11.4 Å². The predicted octanol–water partition coefficient (Wildman–Crippen LogP) is 2.10. The fraction of sp³-hybridized carbons (Fsp3) is 0.250. The molecule has 0 saturated carbocycles. The lowest BCUT2D eigenvalue weighted by molar-refractivity contribution is -0.385. The standard InChI is InChI=1S/C12H13BrN4O2/c13-12-9(2-1-3-10(12)17(18)19)8-16-7-6-15-11(16)4-5-14/h1-3,6-7H,4-5,8,14H2. The summed E-state index contributed by atoms with van der Waals surface area (Å²) in [6.07, 6.45) is 4.23. The van der Waals surface area contributed by atoms with Gasteiger partial charge in [-0.15, -0.1) is 0 Å². The summed E-state index contributed by atoms with van der Waals surface area (Å²) >= 11 is 3.29. The van der Waals surface area contributed by atoms with Gasteiger partial charge < -0.3 is 10.3 Å². The van der Waals surface area contributed by atoms with Crippen molar-refractivity contribution in [3.63, 3.8) is 0 Å². The number of nitrogens with zero attached hydrogens (tertiary/aromatic N) is 3. The molecule has 1 heterocycles. The van der Waals surface area contributed by atoms with Crippen LogP contribution in [-0.4, -0.2) is 21.0 Å².